The zero-order valence-corrected chi connectivity index (χ0v) is 8.89. The number of fused-ring (bicyclic) bond motifs is 1. The van der Waals surface area contributed by atoms with Crippen molar-refractivity contribution in [2.24, 2.45) is 0 Å². The molecule has 0 atom stereocenters. The van der Waals surface area contributed by atoms with Gasteiger partial charge in [0.1, 0.15) is 0 Å². The highest BCUT2D eigenvalue weighted by Gasteiger charge is 2.14. The van der Waals surface area contributed by atoms with Crippen molar-refractivity contribution in [2.45, 2.75) is 32.1 Å². The molecule has 0 saturated heterocycles. The topological polar surface area (TPSA) is 0 Å². The lowest BCUT2D eigenvalue weighted by Gasteiger charge is -2.12. The van der Waals surface area contributed by atoms with Crippen LogP contribution in [-0.4, -0.2) is 5.75 Å². The smallest absolute Gasteiger partial charge is 0.00800 e. The van der Waals surface area contributed by atoms with E-state index in [1.807, 2.05) is 11.3 Å². The summed E-state index contributed by atoms with van der Waals surface area (Å²) in [6.45, 7) is 0. The van der Waals surface area contributed by atoms with Crippen LogP contribution in [0, 0.1) is 0 Å². The SMILES string of the molecule is SCCc1csc2c1CCCC2. The van der Waals surface area contributed by atoms with E-state index < -0.39 is 0 Å². The molecule has 1 aliphatic rings. The second-order valence-corrected chi connectivity index (χ2v) is 4.75. The maximum Gasteiger partial charge on any atom is 0.00800 e. The lowest BCUT2D eigenvalue weighted by atomic mass is 9.95. The minimum absolute atomic E-state index is 0.989. The highest BCUT2D eigenvalue weighted by molar-refractivity contribution is 7.80. The summed E-state index contributed by atoms with van der Waals surface area (Å²) in [5.74, 6) is 0.989. The highest BCUT2D eigenvalue weighted by Crippen LogP contribution is 2.30. The van der Waals surface area contributed by atoms with Gasteiger partial charge in [-0.2, -0.15) is 12.6 Å². The Bertz CT molecular complexity index is 263. The molecule has 0 aliphatic heterocycles. The summed E-state index contributed by atoms with van der Waals surface area (Å²) in [5.41, 5.74) is 3.24. The lowest BCUT2D eigenvalue weighted by Crippen LogP contribution is -2.01. The van der Waals surface area contributed by atoms with Crippen molar-refractivity contribution < 1.29 is 0 Å². The molecule has 0 saturated carbocycles. The van der Waals surface area contributed by atoms with E-state index in [-0.39, 0.29) is 0 Å². The van der Waals surface area contributed by atoms with Crippen molar-refractivity contribution in [3.63, 3.8) is 0 Å². The van der Waals surface area contributed by atoms with Gasteiger partial charge in [0.05, 0.1) is 0 Å². The van der Waals surface area contributed by atoms with Crippen LogP contribution in [0.4, 0.5) is 0 Å². The van der Waals surface area contributed by atoms with E-state index in [1.54, 1.807) is 16.0 Å². The molecule has 0 radical (unpaired) electrons. The zero-order chi connectivity index (χ0) is 8.39. The second-order valence-electron chi connectivity index (χ2n) is 3.34. The number of rotatable bonds is 2. The predicted molar refractivity (Wildman–Crippen MR) is 58.5 cm³/mol. The fourth-order valence-electron chi connectivity index (χ4n) is 1.89. The number of thiol groups is 1. The summed E-state index contributed by atoms with van der Waals surface area (Å²) >= 11 is 6.24. The molecule has 0 fully saturated rings. The third-order valence-corrected chi connectivity index (χ3v) is 3.89. The highest BCUT2D eigenvalue weighted by atomic mass is 32.1. The van der Waals surface area contributed by atoms with E-state index in [0.29, 0.717) is 0 Å². The number of hydrogen-bond acceptors (Lipinski definition) is 2. The first-order valence-corrected chi connectivity index (χ1v) is 6.12. The summed E-state index contributed by atoms with van der Waals surface area (Å²) in [5, 5.41) is 2.34. The standard InChI is InChI=1S/C10H14S2/c11-6-5-8-7-12-10-4-2-1-3-9(8)10/h7,11H,1-6H2. The van der Waals surface area contributed by atoms with Gasteiger partial charge in [-0.05, 0) is 54.4 Å². The molecule has 2 heteroatoms. The van der Waals surface area contributed by atoms with Gasteiger partial charge in [0, 0.05) is 4.88 Å². The maximum absolute atomic E-state index is 4.28. The van der Waals surface area contributed by atoms with Gasteiger partial charge in [-0.15, -0.1) is 11.3 Å². The molecule has 0 nitrogen and oxygen atoms in total. The van der Waals surface area contributed by atoms with Crippen molar-refractivity contribution >= 4 is 24.0 Å². The molecule has 2 rings (SSSR count). The van der Waals surface area contributed by atoms with E-state index >= 15 is 0 Å². The van der Waals surface area contributed by atoms with Gasteiger partial charge in [0.25, 0.3) is 0 Å². The van der Waals surface area contributed by atoms with Crippen LogP contribution in [0.15, 0.2) is 5.38 Å². The van der Waals surface area contributed by atoms with Crippen molar-refractivity contribution in [1.29, 1.82) is 0 Å². The molecule has 1 aromatic heterocycles. The molecule has 1 heterocycles. The molecule has 0 bridgehead atoms. The first kappa shape index (κ1) is 8.64. The summed E-state index contributed by atoms with van der Waals surface area (Å²) in [6.07, 6.45) is 6.60. The van der Waals surface area contributed by atoms with Crippen LogP contribution in [0.1, 0.15) is 28.8 Å². The quantitative estimate of drug-likeness (QED) is 0.694. The Morgan fingerprint density at radius 3 is 3.00 bits per heavy atom. The van der Waals surface area contributed by atoms with Gasteiger partial charge < -0.3 is 0 Å². The Morgan fingerprint density at radius 1 is 1.33 bits per heavy atom. The average molecular weight is 198 g/mol. The van der Waals surface area contributed by atoms with Crippen LogP contribution >= 0.6 is 24.0 Å². The Hall–Kier alpha value is 0.0500. The first-order valence-electron chi connectivity index (χ1n) is 4.61. The third kappa shape index (κ3) is 1.55. The van der Waals surface area contributed by atoms with Gasteiger partial charge in [-0.25, -0.2) is 0 Å². The van der Waals surface area contributed by atoms with Crippen molar-refractivity contribution in [3.8, 4) is 0 Å². The summed E-state index contributed by atoms with van der Waals surface area (Å²) in [4.78, 5) is 1.65. The Labute approximate surface area is 83.4 Å². The minimum atomic E-state index is 0.989. The molecule has 12 heavy (non-hydrogen) atoms. The molecule has 0 unspecified atom stereocenters. The van der Waals surface area contributed by atoms with Crippen molar-refractivity contribution in [1.82, 2.24) is 0 Å². The molecule has 0 amide bonds. The summed E-state index contributed by atoms with van der Waals surface area (Å²) in [6, 6.07) is 0. The second kappa shape index (κ2) is 3.84. The number of hydrogen-bond donors (Lipinski definition) is 1. The molecule has 1 aromatic rings. The molecule has 66 valence electrons. The van der Waals surface area contributed by atoms with Gasteiger partial charge in [-0.1, -0.05) is 0 Å². The predicted octanol–water partition coefficient (Wildman–Crippen LogP) is 3.10. The first-order chi connectivity index (χ1) is 5.92. The minimum Gasteiger partial charge on any atom is -0.179 e. The maximum atomic E-state index is 4.28. The molecule has 0 aromatic carbocycles. The van der Waals surface area contributed by atoms with E-state index in [4.69, 9.17) is 0 Å². The molecule has 1 aliphatic carbocycles. The normalized spacial score (nSPS) is 16.1. The molecular weight excluding hydrogens is 184 g/mol. The molecule has 0 N–H and O–H groups in total. The zero-order valence-electron chi connectivity index (χ0n) is 7.18. The van der Waals surface area contributed by atoms with Gasteiger partial charge >= 0.3 is 0 Å². The van der Waals surface area contributed by atoms with Crippen molar-refractivity contribution in [3.05, 3.63) is 21.4 Å². The summed E-state index contributed by atoms with van der Waals surface area (Å²) < 4.78 is 0. The molecular formula is C10H14S2. The van der Waals surface area contributed by atoms with E-state index in [1.165, 1.54) is 25.7 Å². The van der Waals surface area contributed by atoms with Crippen molar-refractivity contribution in [2.75, 3.05) is 5.75 Å². The Kier molecular flexibility index (Phi) is 2.76. The van der Waals surface area contributed by atoms with Crippen LogP contribution in [0.25, 0.3) is 0 Å². The summed E-state index contributed by atoms with van der Waals surface area (Å²) in [7, 11) is 0. The number of thiophene rings is 1. The van der Waals surface area contributed by atoms with Gasteiger partial charge in [-0.3, -0.25) is 0 Å². The fraction of sp³-hybridized carbons (Fsp3) is 0.600. The third-order valence-electron chi connectivity index (χ3n) is 2.53. The lowest BCUT2D eigenvalue weighted by molar-refractivity contribution is 0.692. The Balaban J connectivity index is 2.25. The fourth-order valence-corrected chi connectivity index (χ4v) is 3.31. The van der Waals surface area contributed by atoms with E-state index in [0.717, 1.165) is 12.2 Å². The van der Waals surface area contributed by atoms with Crippen LogP contribution in [-0.2, 0) is 19.3 Å². The molecule has 0 spiro atoms. The van der Waals surface area contributed by atoms with Crippen LogP contribution < -0.4 is 0 Å². The van der Waals surface area contributed by atoms with Crippen LogP contribution in [0.2, 0.25) is 0 Å². The van der Waals surface area contributed by atoms with Gasteiger partial charge in [0.2, 0.25) is 0 Å². The number of aryl methyl sites for hydroxylation is 2. The Morgan fingerprint density at radius 2 is 2.17 bits per heavy atom. The van der Waals surface area contributed by atoms with Crippen LogP contribution in [0.5, 0.6) is 0 Å². The largest absolute Gasteiger partial charge is 0.179 e. The average Bonchev–Trinajstić information content (AvgIpc) is 2.50. The van der Waals surface area contributed by atoms with E-state index in [9.17, 15) is 0 Å². The van der Waals surface area contributed by atoms with E-state index in [2.05, 4.69) is 18.0 Å². The van der Waals surface area contributed by atoms with Gasteiger partial charge in [0.15, 0.2) is 0 Å². The monoisotopic (exact) mass is 198 g/mol. The van der Waals surface area contributed by atoms with Crippen LogP contribution in [0.3, 0.4) is 0 Å².